The van der Waals surface area contributed by atoms with Crippen molar-refractivity contribution in [2.45, 2.75) is 30.0 Å². The minimum absolute atomic E-state index is 0.0616. The third-order valence-corrected chi connectivity index (χ3v) is 6.00. The molecule has 2 aromatic rings. The number of benzene rings is 2. The molecule has 0 saturated heterocycles. The Morgan fingerprint density at radius 1 is 1.29 bits per heavy atom. The number of carbonyl (C=O) groups is 1. The molecule has 126 valence electrons. The molecule has 1 amide bonds. The fourth-order valence-electron chi connectivity index (χ4n) is 2.82. The Hall–Kier alpha value is -1.46. The maximum atomic E-state index is 12.4. The molecule has 0 fully saturated rings. The number of nitrogens with zero attached hydrogens (tertiary/aromatic N) is 1. The monoisotopic (exact) mass is 404 g/mol. The highest BCUT2D eigenvalue weighted by molar-refractivity contribution is 9.10. The number of carbonyl (C=O) groups excluding carboxylic acids is 1. The van der Waals surface area contributed by atoms with Gasteiger partial charge in [0, 0.05) is 27.7 Å². The Kier molecular flexibility index (Phi) is 5.85. The van der Waals surface area contributed by atoms with Gasteiger partial charge < -0.3 is 10.2 Å². The molecular weight excluding hydrogens is 384 g/mol. The molecule has 0 bridgehead atoms. The molecule has 0 unspecified atom stereocenters. The molecule has 5 heteroatoms. The molecule has 0 radical (unpaired) electrons. The molecule has 0 saturated carbocycles. The maximum Gasteiger partial charge on any atom is 0.239 e. The van der Waals surface area contributed by atoms with Crippen LogP contribution in [0, 0.1) is 0 Å². The highest BCUT2D eigenvalue weighted by atomic mass is 79.9. The molecule has 1 heterocycles. The number of halogens is 1. The molecule has 1 N–H and O–H groups in total. The average molecular weight is 405 g/mol. The van der Waals surface area contributed by atoms with E-state index in [1.165, 1.54) is 10.6 Å². The predicted octanol–water partition coefficient (Wildman–Crippen LogP) is 4.46. The number of fused-ring (bicyclic) bond motifs is 1. The van der Waals surface area contributed by atoms with Gasteiger partial charge in [0.1, 0.15) is 0 Å². The van der Waals surface area contributed by atoms with Gasteiger partial charge >= 0.3 is 0 Å². The lowest BCUT2D eigenvalue weighted by atomic mass is 10.2. The fourth-order valence-corrected chi connectivity index (χ4v) is 4.52. The molecular formula is C19H21BrN2OS. The number of amides is 1. The highest BCUT2D eigenvalue weighted by Crippen LogP contribution is 2.39. The van der Waals surface area contributed by atoms with Crippen LogP contribution < -0.4 is 10.2 Å². The van der Waals surface area contributed by atoms with Crippen molar-refractivity contribution in [1.29, 1.82) is 0 Å². The third-order valence-electron chi connectivity index (χ3n) is 4.09. The lowest BCUT2D eigenvalue weighted by Gasteiger charge is -2.34. The van der Waals surface area contributed by atoms with Crippen LogP contribution in [0.2, 0.25) is 0 Å². The number of nitrogens with one attached hydrogen (secondary N) is 1. The topological polar surface area (TPSA) is 32.3 Å². The van der Waals surface area contributed by atoms with Crippen molar-refractivity contribution in [2.75, 3.05) is 18.0 Å². The summed E-state index contributed by atoms with van der Waals surface area (Å²) >= 11 is 5.38. The van der Waals surface area contributed by atoms with Gasteiger partial charge in [-0.25, -0.2) is 0 Å². The lowest BCUT2D eigenvalue weighted by Crippen LogP contribution is -2.42. The van der Waals surface area contributed by atoms with Crippen LogP contribution in [-0.2, 0) is 11.3 Å². The Bertz CT molecular complexity index is 722. The van der Waals surface area contributed by atoms with Gasteiger partial charge in [-0.3, -0.25) is 4.79 Å². The SMILES string of the molecule is CC[C@H]1CN(CC(=O)NCc2cccc(Br)c2)c2ccccc2S1. The van der Waals surface area contributed by atoms with Crippen LogP contribution in [-0.4, -0.2) is 24.2 Å². The molecule has 0 aliphatic carbocycles. The van der Waals surface area contributed by atoms with Crippen molar-refractivity contribution in [3.63, 3.8) is 0 Å². The number of hydrogen-bond donors (Lipinski definition) is 1. The highest BCUT2D eigenvalue weighted by Gasteiger charge is 2.25. The quantitative estimate of drug-likeness (QED) is 0.798. The molecule has 1 atom stereocenters. The Labute approximate surface area is 155 Å². The zero-order valence-electron chi connectivity index (χ0n) is 13.7. The largest absolute Gasteiger partial charge is 0.360 e. The van der Waals surface area contributed by atoms with E-state index < -0.39 is 0 Å². The second-order valence-electron chi connectivity index (χ2n) is 5.90. The van der Waals surface area contributed by atoms with E-state index in [9.17, 15) is 4.79 Å². The van der Waals surface area contributed by atoms with E-state index >= 15 is 0 Å². The van der Waals surface area contributed by atoms with E-state index in [0.717, 1.165) is 23.0 Å². The van der Waals surface area contributed by atoms with E-state index in [-0.39, 0.29) is 5.91 Å². The molecule has 2 aromatic carbocycles. The molecule has 1 aliphatic rings. The summed E-state index contributed by atoms with van der Waals surface area (Å²) in [7, 11) is 0. The molecule has 0 spiro atoms. The minimum Gasteiger partial charge on any atom is -0.360 e. The van der Waals surface area contributed by atoms with Gasteiger partial charge in [0.05, 0.1) is 12.2 Å². The Morgan fingerprint density at radius 3 is 2.92 bits per heavy atom. The smallest absolute Gasteiger partial charge is 0.239 e. The molecule has 0 aromatic heterocycles. The number of hydrogen-bond acceptors (Lipinski definition) is 3. The van der Waals surface area contributed by atoms with Crippen LogP contribution in [0.25, 0.3) is 0 Å². The standard InChI is InChI=1S/C19H21BrN2OS/c1-2-16-12-22(17-8-3-4-9-18(17)24-16)13-19(23)21-11-14-6-5-7-15(20)10-14/h3-10,16H,2,11-13H2,1H3,(H,21,23)/t16-/m0/s1. The molecule has 3 rings (SSSR count). The first-order valence-corrected chi connectivity index (χ1v) is 9.84. The van der Waals surface area contributed by atoms with Crippen molar-refractivity contribution in [1.82, 2.24) is 5.32 Å². The summed E-state index contributed by atoms with van der Waals surface area (Å²) in [5, 5.41) is 3.57. The van der Waals surface area contributed by atoms with E-state index in [2.05, 4.69) is 51.3 Å². The molecule has 3 nitrogen and oxygen atoms in total. The van der Waals surface area contributed by atoms with Crippen LogP contribution in [0.4, 0.5) is 5.69 Å². The molecule has 24 heavy (non-hydrogen) atoms. The number of para-hydroxylation sites is 1. The minimum atomic E-state index is 0.0616. The van der Waals surface area contributed by atoms with Crippen molar-refractivity contribution in [2.24, 2.45) is 0 Å². The maximum absolute atomic E-state index is 12.4. The summed E-state index contributed by atoms with van der Waals surface area (Å²) in [5.74, 6) is 0.0616. The van der Waals surface area contributed by atoms with Gasteiger partial charge in [0.15, 0.2) is 0 Å². The van der Waals surface area contributed by atoms with E-state index in [1.54, 1.807) is 0 Å². The van der Waals surface area contributed by atoms with Gasteiger partial charge in [-0.05, 0) is 36.2 Å². The van der Waals surface area contributed by atoms with Gasteiger partial charge in [0.2, 0.25) is 5.91 Å². The number of anilines is 1. The second-order valence-corrected chi connectivity index (χ2v) is 8.16. The van der Waals surface area contributed by atoms with Crippen LogP contribution in [0.3, 0.4) is 0 Å². The van der Waals surface area contributed by atoms with Crippen molar-refractivity contribution >= 4 is 39.3 Å². The first-order valence-electron chi connectivity index (χ1n) is 8.17. The van der Waals surface area contributed by atoms with Gasteiger partial charge in [-0.1, -0.05) is 47.1 Å². The lowest BCUT2D eigenvalue weighted by molar-refractivity contribution is -0.119. The van der Waals surface area contributed by atoms with Crippen molar-refractivity contribution < 1.29 is 4.79 Å². The summed E-state index contributed by atoms with van der Waals surface area (Å²) < 4.78 is 1.03. The summed E-state index contributed by atoms with van der Waals surface area (Å²) in [4.78, 5) is 15.9. The van der Waals surface area contributed by atoms with Crippen LogP contribution >= 0.6 is 27.7 Å². The van der Waals surface area contributed by atoms with Gasteiger partial charge in [-0.15, -0.1) is 11.8 Å². The average Bonchev–Trinajstić information content (AvgIpc) is 2.60. The van der Waals surface area contributed by atoms with Crippen LogP contribution in [0.15, 0.2) is 57.9 Å². The summed E-state index contributed by atoms with van der Waals surface area (Å²) in [6.07, 6.45) is 1.11. The first kappa shape index (κ1) is 17.4. The number of thioether (sulfide) groups is 1. The van der Waals surface area contributed by atoms with Gasteiger partial charge in [0.25, 0.3) is 0 Å². The van der Waals surface area contributed by atoms with Crippen molar-refractivity contribution in [3.05, 3.63) is 58.6 Å². The summed E-state index contributed by atoms with van der Waals surface area (Å²) in [6.45, 7) is 4.08. The third kappa shape index (κ3) is 4.33. The summed E-state index contributed by atoms with van der Waals surface area (Å²) in [6, 6.07) is 16.4. The number of rotatable bonds is 5. The first-order chi connectivity index (χ1) is 11.7. The Morgan fingerprint density at radius 2 is 2.12 bits per heavy atom. The Balaban J connectivity index is 1.63. The second kappa shape index (κ2) is 8.08. The summed E-state index contributed by atoms with van der Waals surface area (Å²) in [5.41, 5.74) is 2.27. The van der Waals surface area contributed by atoms with E-state index in [0.29, 0.717) is 18.3 Å². The van der Waals surface area contributed by atoms with Crippen LogP contribution in [0.5, 0.6) is 0 Å². The molecule has 1 aliphatic heterocycles. The predicted molar refractivity (Wildman–Crippen MR) is 105 cm³/mol. The van der Waals surface area contributed by atoms with E-state index in [1.807, 2.05) is 42.1 Å². The normalized spacial score (nSPS) is 16.6. The fraction of sp³-hybridized carbons (Fsp3) is 0.316. The van der Waals surface area contributed by atoms with E-state index in [4.69, 9.17) is 0 Å². The zero-order chi connectivity index (χ0) is 16.9. The zero-order valence-corrected chi connectivity index (χ0v) is 16.1. The van der Waals surface area contributed by atoms with Crippen molar-refractivity contribution in [3.8, 4) is 0 Å². The van der Waals surface area contributed by atoms with Gasteiger partial charge in [-0.2, -0.15) is 0 Å². The van der Waals surface area contributed by atoms with Crippen LogP contribution in [0.1, 0.15) is 18.9 Å².